The van der Waals surface area contributed by atoms with E-state index >= 15 is 0 Å². The third-order valence-corrected chi connectivity index (χ3v) is 2.89. The van der Waals surface area contributed by atoms with E-state index in [0.717, 1.165) is 0 Å². The summed E-state index contributed by atoms with van der Waals surface area (Å²) in [4.78, 5) is 37.4. The van der Waals surface area contributed by atoms with E-state index in [4.69, 9.17) is 0 Å². The van der Waals surface area contributed by atoms with Crippen LogP contribution in [0.5, 0.6) is 0 Å². The fourth-order valence-corrected chi connectivity index (χ4v) is 1.91. The van der Waals surface area contributed by atoms with Crippen molar-refractivity contribution in [3.8, 4) is 0 Å². The summed E-state index contributed by atoms with van der Waals surface area (Å²) in [6, 6.07) is 1.88. The summed E-state index contributed by atoms with van der Waals surface area (Å²) >= 11 is 0. The van der Waals surface area contributed by atoms with E-state index in [2.05, 4.69) is 25.3 Å². The molecule has 2 aromatic rings. The molecule has 98 valence electrons. The van der Waals surface area contributed by atoms with Crippen LogP contribution in [0.15, 0.2) is 29.5 Å². The minimum Gasteiger partial charge on any atom is -0.348 e. The fraction of sp³-hybridized carbons (Fsp3) is 0.273. The molecule has 3 N–H and O–H groups in total. The number of aromatic amines is 2. The number of H-pyrrole nitrogens is 2. The molecule has 0 atom stereocenters. The van der Waals surface area contributed by atoms with Gasteiger partial charge in [0.1, 0.15) is 5.69 Å². The number of anilines is 1. The number of imidazole rings is 1. The Hall–Kier alpha value is -2.64. The van der Waals surface area contributed by atoms with Gasteiger partial charge >= 0.3 is 5.69 Å². The number of rotatable bonds is 3. The van der Waals surface area contributed by atoms with Crippen molar-refractivity contribution in [1.82, 2.24) is 24.8 Å². The summed E-state index contributed by atoms with van der Waals surface area (Å²) < 4.78 is 0. The molecule has 0 aliphatic carbocycles. The lowest BCUT2D eigenvalue weighted by Crippen LogP contribution is -2.57. The van der Waals surface area contributed by atoms with Gasteiger partial charge in [-0.25, -0.2) is 14.8 Å². The van der Waals surface area contributed by atoms with Crippen LogP contribution >= 0.6 is 0 Å². The Labute approximate surface area is 107 Å². The molecule has 8 nitrogen and oxygen atoms in total. The number of hydrogen-bond donors (Lipinski definition) is 3. The van der Waals surface area contributed by atoms with Crippen molar-refractivity contribution in [3.63, 3.8) is 0 Å². The number of hydrogen-bond acceptors (Lipinski definition) is 5. The molecule has 8 heteroatoms. The van der Waals surface area contributed by atoms with Gasteiger partial charge in [-0.15, -0.1) is 0 Å². The van der Waals surface area contributed by atoms with Crippen LogP contribution in [0.2, 0.25) is 0 Å². The molecule has 19 heavy (non-hydrogen) atoms. The lowest BCUT2D eigenvalue weighted by Gasteiger charge is -2.39. The highest BCUT2D eigenvalue weighted by Crippen LogP contribution is 2.14. The Balaban J connectivity index is 1.55. The number of amides is 1. The van der Waals surface area contributed by atoms with Crippen molar-refractivity contribution in [2.45, 2.75) is 6.04 Å². The number of nitrogens with zero attached hydrogens (tertiary/aromatic N) is 3. The number of carbonyl (C=O) groups excluding carboxylic acids is 1. The van der Waals surface area contributed by atoms with Crippen molar-refractivity contribution in [2.75, 3.05) is 18.4 Å². The normalized spacial score (nSPS) is 15.1. The Morgan fingerprint density at radius 3 is 2.74 bits per heavy atom. The Kier molecular flexibility index (Phi) is 2.75. The third kappa shape index (κ3) is 2.32. The topological polar surface area (TPSA) is 107 Å². The van der Waals surface area contributed by atoms with E-state index in [0.29, 0.717) is 19.0 Å². The summed E-state index contributed by atoms with van der Waals surface area (Å²) in [6.07, 6.45) is 4.69. The maximum Gasteiger partial charge on any atom is 0.323 e. The Morgan fingerprint density at radius 1 is 1.37 bits per heavy atom. The van der Waals surface area contributed by atoms with Crippen molar-refractivity contribution in [3.05, 3.63) is 40.8 Å². The van der Waals surface area contributed by atoms with Gasteiger partial charge in [-0.1, -0.05) is 0 Å². The summed E-state index contributed by atoms with van der Waals surface area (Å²) in [7, 11) is 0. The fourth-order valence-electron chi connectivity index (χ4n) is 1.91. The predicted molar refractivity (Wildman–Crippen MR) is 66.8 cm³/mol. The zero-order valence-electron chi connectivity index (χ0n) is 9.96. The lowest BCUT2D eigenvalue weighted by atomic mass is 10.1. The monoisotopic (exact) mass is 260 g/mol. The molecule has 0 saturated carbocycles. The molecule has 0 radical (unpaired) electrons. The summed E-state index contributed by atoms with van der Waals surface area (Å²) in [6.45, 7) is 1.12. The molecule has 1 aliphatic rings. The minimum atomic E-state index is -0.378. The molecule has 1 amide bonds. The maximum atomic E-state index is 11.9. The molecule has 3 rings (SSSR count). The second-order valence-corrected chi connectivity index (χ2v) is 4.28. The van der Waals surface area contributed by atoms with Crippen LogP contribution in [0, 0.1) is 0 Å². The minimum absolute atomic E-state index is 0.136. The Morgan fingerprint density at radius 2 is 2.11 bits per heavy atom. The number of likely N-dealkylation sites (tertiary alicyclic amines) is 1. The smallest absolute Gasteiger partial charge is 0.323 e. The molecule has 0 spiro atoms. The first-order valence-corrected chi connectivity index (χ1v) is 5.83. The summed E-state index contributed by atoms with van der Waals surface area (Å²) in [5, 5.41) is 3.12. The van der Waals surface area contributed by atoms with E-state index in [9.17, 15) is 9.59 Å². The van der Waals surface area contributed by atoms with Crippen LogP contribution in [0.25, 0.3) is 0 Å². The quantitative estimate of drug-likeness (QED) is 0.685. The number of aromatic nitrogens is 4. The first-order valence-electron chi connectivity index (χ1n) is 5.83. The highest BCUT2D eigenvalue weighted by Gasteiger charge is 2.32. The molecule has 2 aromatic heterocycles. The van der Waals surface area contributed by atoms with Crippen molar-refractivity contribution >= 4 is 11.9 Å². The van der Waals surface area contributed by atoms with E-state index in [1.54, 1.807) is 23.4 Å². The van der Waals surface area contributed by atoms with Crippen LogP contribution in [0.3, 0.4) is 0 Å². The van der Waals surface area contributed by atoms with Gasteiger partial charge in [0.15, 0.2) is 0 Å². The number of nitrogens with one attached hydrogen (secondary N) is 3. The molecule has 1 saturated heterocycles. The zero-order valence-corrected chi connectivity index (χ0v) is 9.96. The van der Waals surface area contributed by atoms with Gasteiger partial charge in [0.05, 0.1) is 6.04 Å². The second kappa shape index (κ2) is 4.56. The van der Waals surface area contributed by atoms with E-state index in [1.807, 2.05) is 0 Å². The van der Waals surface area contributed by atoms with E-state index < -0.39 is 0 Å². The predicted octanol–water partition coefficient (Wildman–Crippen LogP) is -0.571. The summed E-state index contributed by atoms with van der Waals surface area (Å²) in [5.41, 5.74) is -0.101. The molecule has 0 bridgehead atoms. The molecule has 0 aromatic carbocycles. The van der Waals surface area contributed by atoms with Crippen LogP contribution in [0.4, 0.5) is 5.95 Å². The SMILES string of the molecule is O=C(c1c[nH]c(=O)[nH]1)N1CC(Nc2ncccn2)C1. The van der Waals surface area contributed by atoms with Crippen LogP contribution in [-0.2, 0) is 0 Å². The zero-order chi connectivity index (χ0) is 13.2. The summed E-state index contributed by atoms with van der Waals surface area (Å²) in [5.74, 6) is 0.361. The molecule has 0 unspecified atom stereocenters. The van der Waals surface area contributed by atoms with Crippen molar-refractivity contribution in [2.24, 2.45) is 0 Å². The van der Waals surface area contributed by atoms with Crippen molar-refractivity contribution in [1.29, 1.82) is 0 Å². The maximum absolute atomic E-state index is 11.9. The largest absolute Gasteiger partial charge is 0.348 e. The van der Waals surface area contributed by atoms with Crippen LogP contribution < -0.4 is 11.0 Å². The second-order valence-electron chi connectivity index (χ2n) is 4.28. The van der Waals surface area contributed by atoms with Gasteiger partial charge in [-0.05, 0) is 6.07 Å². The molecule has 1 fully saturated rings. The van der Waals surface area contributed by atoms with Gasteiger partial charge < -0.3 is 20.2 Å². The van der Waals surface area contributed by atoms with Crippen LogP contribution in [0.1, 0.15) is 10.5 Å². The van der Waals surface area contributed by atoms with Gasteiger partial charge in [0.25, 0.3) is 5.91 Å². The highest BCUT2D eigenvalue weighted by molar-refractivity contribution is 5.92. The average Bonchev–Trinajstić information content (AvgIpc) is 2.80. The van der Waals surface area contributed by atoms with Crippen LogP contribution in [-0.4, -0.2) is 49.9 Å². The molecule has 3 heterocycles. The highest BCUT2D eigenvalue weighted by atomic mass is 16.2. The van der Waals surface area contributed by atoms with Crippen molar-refractivity contribution < 1.29 is 4.79 Å². The average molecular weight is 260 g/mol. The standard InChI is InChI=1S/C11H12N6O2/c18-9(8-4-14-11(19)16-8)17-5-7(6-17)15-10-12-2-1-3-13-10/h1-4,7H,5-6H2,(H,12,13,15)(H2,14,16,19). The van der Waals surface area contributed by atoms with Gasteiger partial charge in [-0.3, -0.25) is 4.79 Å². The molecular formula is C11H12N6O2. The molecule has 1 aliphatic heterocycles. The van der Waals surface area contributed by atoms with Gasteiger partial charge in [0.2, 0.25) is 5.95 Å². The lowest BCUT2D eigenvalue weighted by molar-refractivity contribution is 0.0619. The third-order valence-electron chi connectivity index (χ3n) is 2.89. The van der Waals surface area contributed by atoms with Gasteiger partial charge in [-0.2, -0.15) is 0 Å². The first-order chi connectivity index (χ1) is 9.22. The molecular weight excluding hydrogens is 248 g/mol. The Bertz CT molecular complexity index is 628. The van der Waals surface area contributed by atoms with E-state index in [1.165, 1.54) is 6.20 Å². The van der Waals surface area contributed by atoms with Gasteiger partial charge in [0, 0.05) is 31.7 Å². The van der Waals surface area contributed by atoms with E-state index in [-0.39, 0.29) is 23.3 Å². The number of carbonyl (C=O) groups is 1. The first kappa shape index (κ1) is 11.5.